The minimum Gasteiger partial charge on any atom is -0.481 e. The van der Waals surface area contributed by atoms with E-state index >= 15 is 0 Å². The molecule has 2 aliphatic rings. The van der Waals surface area contributed by atoms with Crippen molar-refractivity contribution in [1.29, 1.82) is 0 Å². The van der Waals surface area contributed by atoms with E-state index in [2.05, 4.69) is 15.6 Å². The van der Waals surface area contributed by atoms with Crippen LogP contribution in [0.25, 0.3) is 10.9 Å². The second kappa shape index (κ2) is 12.0. The maximum Gasteiger partial charge on any atom is 0.355 e. The molecule has 2 aliphatic heterocycles. The molecule has 35 heavy (non-hydrogen) atoms. The first-order valence-corrected chi connectivity index (χ1v) is 13.4. The fourth-order valence-electron chi connectivity index (χ4n) is 5.67. The molecule has 4 rings (SSSR count). The average Bonchev–Trinajstić information content (AvgIpc) is 3.21. The quantitative estimate of drug-likeness (QED) is 0.348. The summed E-state index contributed by atoms with van der Waals surface area (Å²) >= 11 is 12.8. The number of carboxylic acid groups (broad SMARTS) is 1. The standard InChI is InChI=1S/C26H35Cl2N3O4/c1-15(17-4-9-30-10-5-17)19(25(32)33)14-20-23-21(28)12-18(27)13-22(23)31-24(20)26(34)35-11-6-16-2-7-29-8-3-16/h12-13,15-17,19,29-31H,2-11,14H2,1H3,(H,32,33). The number of aromatic amines is 1. The van der Waals surface area contributed by atoms with Gasteiger partial charge in [-0.1, -0.05) is 30.1 Å². The molecule has 9 heteroatoms. The summed E-state index contributed by atoms with van der Waals surface area (Å²) in [4.78, 5) is 28.8. The number of H-pyrrole nitrogens is 1. The number of carboxylic acids is 1. The molecule has 0 saturated carbocycles. The highest BCUT2D eigenvalue weighted by Gasteiger charge is 2.34. The van der Waals surface area contributed by atoms with Gasteiger partial charge in [-0.2, -0.15) is 0 Å². The number of halogens is 2. The van der Waals surface area contributed by atoms with Gasteiger partial charge in [0.2, 0.25) is 0 Å². The molecule has 4 N–H and O–H groups in total. The maximum absolute atomic E-state index is 13.2. The summed E-state index contributed by atoms with van der Waals surface area (Å²) < 4.78 is 5.67. The number of carbonyl (C=O) groups is 2. The zero-order valence-corrected chi connectivity index (χ0v) is 21.7. The van der Waals surface area contributed by atoms with E-state index in [0.717, 1.165) is 58.3 Å². The number of ether oxygens (including phenoxy) is 1. The van der Waals surface area contributed by atoms with E-state index in [9.17, 15) is 14.7 Å². The molecule has 2 fully saturated rings. The number of piperidine rings is 2. The number of carbonyl (C=O) groups excluding carboxylic acids is 1. The summed E-state index contributed by atoms with van der Waals surface area (Å²) in [5.74, 6) is -1.18. The van der Waals surface area contributed by atoms with Crippen molar-refractivity contribution in [3.05, 3.63) is 33.4 Å². The molecular formula is C26H35Cl2N3O4. The Hall–Kier alpha value is -1.80. The lowest BCUT2D eigenvalue weighted by molar-refractivity contribution is -0.144. The Labute approximate surface area is 216 Å². The Balaban J connectivity index is 1.59. The number of fused-ring (bicyclic) bond motifs is 1. The maximum atomic E-state index is 13.2. The third-order valence-electron chi connectivity index (χ3n) is 7.84. The van der Waals surface area contributed by atoms with E-state index in [1.807, 2.05) is 6.92 Å². The van der Waals surface area contributed by atoms with Crippen LogP contribution in [0.3, 0.4) is 0 Å². The summed E-state index contributed by atoms with van der Waals surface area (Å²) in [5, 5.41) is 18.3. The lowest BCUT2D eigenvalue weighted by Gasteiger charge is -2.32. The van der Waals surface area contributed by atoms with Crippen LogP contribution in [0.1, 0.15) is 55.1 Å². The fourth-order valence-corrected chi connectivity index (χ4v) is 6.28. The zero-order valence-electron chi connectivity index (χ0n) is 20.2. The van der Waals surface area contributed by atoms with Crippen molar-refractivity contribution >= 4 is 46.0 Å². The van der Waals surface area contributed by atoms with E-state index in [1.54, 1.807) is 12.1 Å². The van der Waals surface area contributed by atoms with Gasteiger partial charge in [-0.05, 0) is 100 Å². The van der Waals surface area contributed by atoms with Gasteiger partial charge < -0.3 is 25.5 Å². The van der Waals surface area contributed by atoms with Gasteiger partial charge in [0.1, 0.15) is 5.69 Å². The van der Waals surface area contributed by atoms with Crippen LogP contribution < -0.4 is 10.6 Å². The highest BCUT2D eigenvalue weighted by Crippen LogP contribution is 2.37. The smallest absolute Gasteiger partial charge is 0.355 e. The van der Waals surface area contributed by atoms with Gasteiger partial charge in [-0.25, -0.2) is 4.79 Å². The van der Waals surface area contributed by atoms with Crippen LogP contribution in [0.5, 0.6) is 0 Å². The molecule has 2 saturated heterocycles. The van der Waals surface area contributed by atoms with Gasteiger partial charge in [0.25, 0.3) is 0 Å². The van der Waals surface area contributed by atoms with E-state index in [0.29, 0.717) is 45.0 Å². The largest absolute Gasteiger partial charge is 0.481 e. The van der Waals surface area contributed by atoms with Crippen LogP contribution in [0, 0.1) is 23.7 Å². The predicted octanol–water partition coefficient (Wildman–Crippen LogP) is 4.90. The van der Waals surface area contributed by atoms with Crippen molar-refractivity contribution in [3.63, 3.8) is 0 Å². The normalized spacial score (nSPS) is 19.5. The molecule has 0 amide bonds. The van der Waals surface area contributed by atoms with Crippen LogP contribution in [-0.2, 0) is 16.0 Å². The molecule has 0 aliphatic carbocycles. The SMILES string of the molecule is CC(C1CCNCC1)C(Cc1c(C(=O)OCCC2CCNCC2)[nH]c2cc(Cl)cc(Cl)c12)C(=O)O. The van der Waals surface area contributed by atoms with Crippen molar-refractivity contribution in [2.45, 2.75) is 45.4 Å². The molecule has 0 radical (unpaired) electrons. The van der Waals surface area contributed by atoms with Crippen LogP contribution in [0.2, 0.25) is 10.0 Å². The van der Waals surface area contributed by atoms with E-state index in [4.69, 9.17) is 27.9 Å². The van der Waals surface area contributed by atoms with Crippen molar-refractivity contribution in [3.8, 4) is 0 Å². The third-order valence-corrected chi connectivity index (χ3v) is 8.36. The second-order valence-corrected chi connectivity index (χ2v) is 10.8. The Morgan fingerprint density at radius 3 is 2.40 bits per heavy atom. The number of rotatable bonds is 9. The van der Waals surface area contributed by atoms with Crippen LogP contribution >= 0.6 is 23.2 Å². The molecule has 2 aromatic rings. The monoisotopic (exact) mass is 523 g/mol. The minimum atomic E-state index is -0.860. The molecule has 2 atom stereocenters. The first kappa shape index (κ1) is 26.3. The van der Waals surface area contributed by atoms with Crippen LogP contribution in [-0.4, -0.2) is 54.8 Å². The number of benzene rings is 1. The van der Waals surface area contributed by atoms with Crippen molar-refractivity contribution in [2.75, 3.05) is 32.8 Å². The highest BCUT2D eigenvalue weighted by atomic mass is 35.5. The van der Waals surface area contributed by atoms with Gasteiger partial charge in [0.05, 0.1) is 17.5 Å². The summed E-state index contributed by atoms with van der Waals surface area (Å²) in [6.07, 6.45) is 5.07. The van der Waals surface area contributed by atoms with Gasteiger partial charge in [0, 0.05) is 15.9 Å². The molecule has 2 unspecified atom stereocenters. The first-order chi connectivity index (χ1) is 16.8. The third kappa shape index (κ3) is 6.31. The number of aliphatic carboxylic acids is 1. The Kier molecular flexibility index (Phi) is 8.97. The average molecular weight is 524 g/mol. The van der Waals surface area contributed by atoms with Gasteiger partial charge in [-0.3, -0.25) is 4.79 Å². The molecule has 7 nitrogen and oxygen atoms in total. The second-order valence-electron chi connectivity index (χ2n) is 10.0. The number of hydrogen-bond acceptors (Lipinski definition) is 5. The fraction of sp³-hybridized carbons (Fsp3) is 0.615. The Morgan fingerprint density at radius 2 is 1.74 bits per heavy atom. The molecule has 0 spiro atoms. The Morgan fingerprint density at radius 1 is 1.09 bits per heavy atom. The van der Waals surface area contributed by atoms with Gasteiger partial charge in [0.15, 0.2) is 0 Å². The molecule has 3 heterocycles. The number of aromatic nitrogens is 1. The summed E-state index contributed by atoms with van der Waals surface area (Å²) in [6, 6.07) is 3.34. The van der Waals surface area contributed by atoms with E-state index in [-0.39, 0.29) is 18.0 Å². The summed E-state index contributed by atoms with van der Waals surface area (Å²) in [7, 11) is 0. The molecule has 1 aromatic carbocycles. The van der Waals surface area contributed by atoms with Crippen LogP contribution in [0.4, 0.5) is 0 Å². The van der Waals surface area contributed by atoms with E-state index < -0.39 is 17.9 Å². The molecule has 0 bridgehead atoms. The summed E-state index contributed by atoms with van der Waals surface area (Å²) in [6.45, 7) is 6.13. The molecule has 1 aromatic heterocycles. The van der Waals surface area contributed by atoms with Crippen molar-refractivity contribution in [1.82, 2.24) is 15.6 Å². The molecular weight excluding hydrogens is 489 g/mol. The molecule has 192 valence electrons. The predicted molar refractivity (Wildman–Crippen MR) is 138 cm³/mol. The minimum absolute atomic E-state index is 0.0468. The lowest BCUT2D eigenvalue weighted by Crippen LogP contribution is -2.36. The topological polar surface area (TPSA) is 103 Å². The van der Waals surface area contributed by atoms with Gasteiger partial charge in [-0.15, -0.1) is 0 Å². The summed E-state index contributed by atoms with van der Waals surface area (Å²) in [5.41, 5.74) is 1.49. The van der Waals surface area contributed by atoms with Crippen molar-refractivity contribution < 1.29 is 19.4 Å². The van der Waals surface area contributed by atoms with Gasteiger partial charge >= 0.3 is 11.9 Å². The van der Waals surface area contributed by atoms with E-state index in [1.165, 1.54) is 0 Å². The Bertz CT molecular complexity index is 1040. The number of nitrogens with one attached hydrogen (secondary N) is 3. The number of esters is 1. The highest BCUT2D eigenvalue weighted by molar-refractivity contribution is 6.39. The van der Waals surface area contributed by atoms with Crippen LogP contribution in [0.15, 0.2) is 12.1 Å². The first-order valence-electron chi connectivity index (χ1n) is 12.7. The zero-order chi connectivity index (χ0) is 24.9. The lowest BCUT2D eigenvalue weighted by atomic mass is 9.75. The van der Waals surface area contributed by atoms with Crippen molar-refractivity contribution in [2.24, 2.45) is 23.7 Å². The number of hydrogen-bond donors (Lipinski definition) is 4.